The number of nitrogens with two attached hydrogens (primary N) is 1. The van der Waals surface area contributed by atoms with E-state index in [0.29, 0.717) is 31.8 Å². The molecule has 2 saturated carbocycles. The maximum atomic E-state index is 12.3. The summed E-state index contributed by atoms with van der Waals surface area (Å²) < 4.78 is 23.4. The zero-order valence-corrected chi connectivity index (χ0v) is 13.4. The molecular weight excluding hydrogens is 290 g/mol. The third kappa shape index (κ3) is 2.44. The Balaban J connectivity index is 1.61. The van der Waals surface area contributed by atoms with E-state index in [-0.39, 0.29) is 18.1 Å². The van der Waals surface area contributed by atoms with Crippen molar-refractivity contribution < 1.29 is 13.2 Å². The van der Waals surface area contributed by atoms with Crippen LogP contribution in [-0.4, -0.2) is 55.5 Å². The van der Waals surface area contributed by atoms with E-state index in [1.165, 1.54) is 6.26 Å². The predicted molar refractivity (Wildman–Crippen MR) is 80.7 cm³/mol. The summed E-state index contributed by atoms with van der Waals surface area (Å²) in [6, 6.07) is -0.163. The molecule has 1 aliphatic heterocycles. The Hall–Kier alpha value is -0.820. The lowest BCUT2D eigenvalue weighted by Crippen LogP contribution is -2.55. The van der Waals surface area contributed by atoms with E-state index in [4.69, 9.17) is 5.73 Å². The number of hydrogen-bond acceptors (Lipinski definition) is 4. The molecule has 2 atom stereocenters. The van der Waals surface area contributed by atoms with Gasteiger partial charge in [0.2, 0.25) is 0 Å². The smallest absolute Gasteiger partial charge is 0.317 e. The van der Waals surface area contributed by atoms with Gasteiger partial charge in [0.25, 0.3) is 0 Å². The first-order valence-corrected chi connectivity index (χ1v) is 9.66. The monoisotopic (exact) mass is 315 g/mol. The number of carbonyl (C=O) groups is 1. The lowest BCUT2D eigenvalue weighted by Gasteiger charge is -2.39. The van der Waals surface area contributed by atoms with Crippen LogP contribution >= 0.6 is 0 Å². The lowest BCUT2D eigenvalue weighted by molar-refractivity contribution is 0.187. The van der Waals surface area contributed by atoms with Crippen molar-refractivity contribution in [1.82, 2.24) is 10.2 Å². The first-order chi connectivity index (χ1) is 9.76. The summed E-state index contributed by atoms with van der Waals surface area (Å²) in [6.07, 6.45) is 6.49. The number of carbonyl (C=O) groups excluding carboxylic acids is 1. The minimum Gasteiger partial charge on any atom is -0.336 e. The first kappa shape index (κ1) is 15.1. The Morgan fingerprint density at radius 1 is 1.33 bits per heavy atom. The van der Waals surface area contributed by atoms with Crippen molar-refractivity contribution in [3.8, 4) is 0 Å². The molecule has 0 radical (unpaired) electrons. The Kier molecular flexibility index (Phi) is 3.48. The van der Waals surface area contributed by atoms with Gasteiger partial charge in [-0.1, -0.05) is 12.8 Å². The average Bonchev–Trinajstić information content (AvgIpc) is 2.95. The van der Waals surface area contributed by atoms with Gasteiger partial charge in [-0.25, -0.2) is 13.2 Å². The Morgan fingerprint density at radius 2 is 2.00 bits per heavy atom. The van der Waals surface area contributed by atoms with Crippen LogP contribution in [0.4, 0.5) is 4.79 Å². The Morgan fingerprint density at radius 3 is 2.43 bits per heavy atom. The number of sulfone groups is 1. The molecule has 3 rings (SSSR count). The van der Waals surface area contributed by atoms with Crippen LogP contribution < -0.4 is 11.1 Å². The zero-order chi connectivity index (χ0) is 15.3. The third-order valence-electron chi connectivity index (χ3n) is 5.85. The fourth-order valence-electron chi connectivity index (χ4n) is 4.09. The molecule has 1 heterocycles. The molecule has 2 amide bonds. The maximum Gasteiger partial charge on any atom is 0.317 e. The molecule has 2 aliphatic carbocycles. The van der Waals surface area contributed by atoms with Crippen LogP contribution in [0.2, 0.25) is 0 Å². The topological polar surface area (TPSA) is 92.5 Å². The standard InChI is InChI=1S/C14H25N3O3S/c1-21(19,20)13(5-2-3-6-13)9-16-12(18)17-8-11-4-7-14(11,15)10-17/h11H,2-10,15H2,1H3,(H,16,18)/t11-,14-/m0/s1. The highest BCUT2D eigenvalue weighted by Crippen LogP contribution is 2.42. The molecule has 0 aromatic carbocycles. The van der Waals surface area contributed by atoms with Crippen LogP contribution in [-0.2, 0) is 9.84 Å². The number of rotatable bonds is 3. The van der Waals surface area contributed by atoms with Crippen LogP contribution in [0.25, 0.3) is 0 Å². The van der Waals surface area contributed by atoms with Crippen LogP contribution in [0.3, 0.4) is 0 Å². The van der Waals surface area contributed by atoms with Gasteiger partial charge >= 0.3 is 6.03 Å². The number of likely N-dealkylation sites (tertiary alicyclic amines) is 1. The van der Waals surface area contributed by atoms with Gasteiger partial charge in [-0.05, 0) is 31.6 Å². The van der Waals surface area contributed by atoms with Gasteiger partial charge in [-0.3, -0.25) is 0 Å². The molecule has 7 heteroatoms. The summed E-state index contributed by atoms with van der Waals surface area (Å²) in [7, 11) is -3.16. The Bertz CT molecular complexity index is 542. The molecule has 6 nitrogen and oxygen atoms in total. The van der Waals surface area contributed by atoms with Crippen molar-refractivity contribution in [3.05, 3.63) is 0 Å². The second-order valence-electron chi connectivity index (χ2n) is 7.17. The number of nitrogens with zero attached hydrogens (tertiary/aromatic N) is 1. The number of urea groups is 1. The minimum atomic E-state index is -3.16. The number of fused-ring (bicyclic) bond motifs is 1. The second kappa shape index (κ2) is 4.84. The van der Waals surface area contributed by atoms with Crippen LogP contribution in [0.15, 0.2) is 0 Å². The largest absolute Gasteiger partial charge is 0.336 e. The zero-order valence-electron chi connectivity index (χ0n) is 12.6. The van der Waals surface area contributed by atoms with Crippen molar-refractivity contribution in [2.24, 2.45) is 11.7 Å². The van der Waals surface area contributed by atoms with E-state index in [2.05, 4.69) is 5.32 Å². The molecule has 0 aromatic heterocycles. The van der Waals surface area contributed by atoms with E-state index < -0.39 is 14.6 Å². The highest BCUT2D eigenvalue weighted by atomic mass is 32.2. The summed E-state index contributed by atoms with van der Waals surface area (Å²) in [5.74, 6) is 0.415. The summed E-state index contributed by atoms with van der Waals surface area (Å²) in [4.78, 5) is 14.0. The number of hydrogen-bond donors (Lipinski definition) is 2. The summed E-state index contributed by atoms with van der Waals surface area (Å²) >= 11 is 0. The van der Waals surface area contributed by atoms with Gasteiger partial charge in [0, 0.05) is 31.4 Å². The summed E-state index contributed by atoms with van der Waals surface area (Å²) in [5, 5.41) is 2.85. The van der Waals surface area contributed by atoms with E-state index in [0.717, 1.165) is 25.7 Å². The molecule has 3 fully saturated rings. The number of amides is 2. The summed E-state index contributed by atoms with van der Waals surface area (Å²) in [6.45, 7) is 1.52. The van der Waals surface area contributed by atoms with Crippen molar-refractivity contribution >= 4 is 15.9 Å². The van der Waals surface area contributed by atoms with Crippen molar-refractivity contribution in [2.75, 3.05) is 25.9 Å². The SMILES string of the molecule is CS(=O)(=O)C1(CNC(=O)N2C[C@@H]3CC[C@]3(N)C2)CCCC1. The van der Waals surface area contributed by atoms with Gasteiger partial charge < -0.3 is 16.0 Å². The molecule has 1 saturated heterocycles. The Labute approximate surface area is 126 Å². The molecule has 0 spiro atoms. The molecule has 3 aliphatic rings. The van der Waals surface area contributed by atoms with Crippen molar-refractivity contribution in [3.63, 3.8) is 0 Å². The van der Waals surface area contributed by atoms with Crippen molar-refractivity contribution in [1.29, 1.82) is 0 Å². The van der Waals surface area contributed by atoms with E-state index in [1.54, 1.807) is 4.90 Å². The van der Waals surface area contributed by atoms with Gasteiger partial charge in [0.15, 0.2) is 9.84 Å². The molecule has 21 heavy (non-hydrogen) atoms. The first-order valence-electron chi connectivity index (χ1n) is 7.77. The molecule has 120 valence electrons. The van der Waals surface area contributed by atoms with Crippen LogP contribution in [0, 0.1) is 5.92 Å². The molecule has 0 aromatic rings. The number of nitrogens with one attached hydrogen (secondary N) is 1. The fourth-order valence-corrected chi connectivity index (χ4v) is 5.45. The van der Waals surface area contributed by atoms with E-state index in [1.807, 2.05) is 0 Å². The van der Waals surface area contributed by atoms with Gasteiger partial charge in [-0.15, -0.1) is 0 Å². The van der Waals surface area contributed by atoms with Crippen LogP contribution in [0.5, 0.6) is 0 Å². The predicted octanol–water partition coefficient (Wildman–Crippen LogP) is 0.477. The molecule has 0 bridgehead atoms. The lowest BCUT2D eigenvalue weighted by atomic mass is 9.70. The quantitative estimate of drug-likeness (QED) is 0.792. The average molecular weight is 315 g/mol. The normalized spacial score (nSPS) is 34.4. The van der Waals surface area contributed by atoms with E-state index in [9.17, 15) is 13.2 Å². The molecule has 0 unspecified atom stereocenters. The summed E-state index contributed by atoms with van der Waals surface area (Å²) in [5.41, 5.74) is 6.04. The van der Waals surface area contributed by atoms with Gasteiger partial charge in [0.1, 0.15) is 0 Å². The van der Waals surface area contributed by atoms with Crippen molar-refractivity contribution in [2.45, 2.75) is 48.8 Å². The third-order valence-corrected chi connectivity index (χ3v) is 7.97. The highest BCUT2D eigenvalue weighted by molar-refractivity contribution is 7.92. The molecule has 3 N–H and O–H groups in total. The second-order valence-corrected chi connectivity index (χ2v) is 9.58. The van der Waals surface area contributed by atoms with Gasteiger partial charge in [0.05, 0.1) is 4.75 Å². The van der Waals surface area contributed by atoms with E-state index >= 15 is 0 Å². The minimum absolute atomic E-state index is 0.163. The maximum absolute atomic E-state index is 12.3. The fraction of sp³-hybridized carbons (Fsp3) is 0.929. The molecular formula is C14H25N3O3S. The van der Waals surface area contributed by atoms with Crippen LogP contribution in [0.1, 0.15) is 38.5 Å². The van der Waals surface area contributed by atoms with Gasteiger partial charge in [-0.2, -0.15) is 0 Å². The highest BCUT2D eigenvalue weighted by Gasteiger charge is 2.51.